The van der Waals surface area contributed by atoms with Crippen molar-refractivity contribution in [2.45, 2.75) is 0 Å². The van der Waals surface area contributed by atoms with E-state index in [2.05, 4.69) is 20.5 Å². The molecule has 4 rings (SSSR count). The van der Waals surface area contributed by atoms with E-state index >= 15 is 0 Å². The Morgan fingerprint density at radius 1 is 1.20 bits per heavy atom. The number of rotatable bonds is 2. The van der Waals surface area contributed by atoms with Crippen molar-refractivity contribution in [3.05, 3.63) is 36.6 Å². The molecule has 20 heavy (non-hydrogen) atoms. The summed E-state index contributed by atoms with van der Waals surface area (Å²) >= 11 is 0. The molecule has 0 spiro atoms. The van der Waals surface area contributed by atoms with Crippen molar-refractivity contribution in [1.29, 1.82) is 0 Å². The van der Waals surface area contributed by atoms with Gasteiger partial charge in [-0.15, -0.1) is 5.10 Å². The van der Waals surface area contributed by atoms with Gasteiger partial charge in [0, 0.05) is 12.6 Å². The predicted molar refractivity (Wildman–Crippen MR) is 69.5 cm³/mol. The van der Waals surface area contributed by atoms with Gasteiger partial charge < -0.3 is 8.94 Å². The van der Waals surface area contributed by atoms with E-state index in [0.29, 0.717) is 17.5 Å². The standard InChI is InChI=1S/C13H9N5O2/c1-18-10-5-4-8(7-9(10)15-17-18)12-14-13(20-16-12)11-3-2-6-19-11/h2-7H,1H3. The van der Waals surface area contributed by atoms with Crippen LogP contribution in [0.3, 0.4) is 0 Å². The van der Waals surface area contributed by atoms with Crippen LogP contribution in [-0.2, 0) is 7.05 Å². The predicted octanol–water partition coefficient (Wildman–Crippen LogP) is 2.28. The highest BCUT2D eigenvalue weighted by atomic mass is 16.5. The molecule has 3 aromatic heterocycles. The first kappa shape index (κ1) is 10.9. The molecule has 4 aromatic rings. The van der Waals surface area contributed by atoms with Gasteiger partial charge in [-0.1, -0.05) is 10.4 Å². The molecule has 0 aliphatic carbocycles. The third-order valence-corrected chi connectivity index (χ3v) is 3.03. The lowest BCUT2D eigenvalue weighted by atomic mass is 10.2. The molecule has 7 nitrogen and oxygen atoms in total. The molecule has 98 valence electrons. The van der Waals surface area contributed by atoms with Gasteiger partial charge in [0.2, 0.25) is 5.82 Å². The first-order chi connectivity index (χ1) is 9.81. The van der Waals surface area contributed by atoms with Crippen LogP contribution in [-0.4, -0.2) is 25.1 Å². The van der Waals surface area contributed by atoms with E-state index in [0.717, 1.165) is 16.6 Å². The summed E-state index contributed by atoms with van der Waals surface area (Å²) in [6.45, 7) is 0. The first-order valence-electron chi connectivity index (χ1n) is 5.99. The Hall–Kier alpha value is -2.96. The Labute approximate surface area is 112 Å². The van der Waals surface area contributed by atoms with Crippen LogP contribution < -0.4 is 0 Å². The van der Waals surface area contributed by atoms with Crippen molar-refractivity contribution in [3.8, 4) is 23.0 Å². The van der Waals surface area contributed by atoms with Crippen LogP contribution in [0.4, 0.5) is 0 Å². The van der Waals surface area contributed by atoms with Crippen molar-refractivity contribution < 1.29 is 8.94 Å². The van der Waals surface area contributed by atoms with Crippen LogP contribution in [0, 0.1) is 0 Å². The van der Waals surface area contributed by atoms with Crippen LogP contribution in [0.5, 0.6) is 0 Å². The van der Waals surface area contributed by atoms with Gasteiger partial charge in [-0.3, -0.25) is 0 Å². The summed E-state index contributed by atoms with van der Waals surface area (Å²) in [6, 6.07) is 9.24. The quantitative estimate of drug-likeness (QED) is 0.554. The number of benzene rings is 1. The van der Waals surface area contributed by atoms with Crippen LogP contribution in [0.1, 0.15) is 0 Å². The fraction of sp³-hybridized carbons (Fsp3) is 0.0769. The van der Waals surface area contributed by atoms with E-state index in [-0.39, 0.29) is 0 Å². The van der Waals surface area contributed by atoms with Gasteiger partial charge >= 0.3 is 0 Å². The zero-order valence-corrected chi connectivity index (χ0v) is 10.5. The molecule has 3 heterocycles. The summed E-state index contributed by atoms with van der Waals surface area (Å²) < 4.78 is 12.1. The molecule has 0 fully saturated rings. The van der Waals surface area contributed by atoms with E-state index in [1.54, 1.807) is 23.1 Å². The third-order valence-electron chi connectivity index (χ3n) is 3.03. The highest BCUT2D eigenvalue weighted by Crippen LogP contribution is 2.24. The zero-order chi connectivity index (χ0) is 13.5. The Balaban J connectivity index is 1.79. The SMILES string of the molecule is Cn1nnc2cc(-c3noc(-c4ccco4)n3)ccc21. The monoisotopic (exact) mass is 267 g/mol. The third kappa shape index (κ3) is 1.60. The molecule has 0 radical (unpaired) electrons. The average Bonchev–Trinajstić information content (AvgIpc) is 3.18. The Kier molecular flexibility index (Phi) is 2.19. The minimum absolute atomic E-state index is 0.351. The number of hydrogen-bond acceptors (Lipinski definition) is 6. The second kappa shape index (κ2) is 4.02. The normalized spacial score (nSPS) is 11.2. The second-order valence-corrected chi connectivity index (χ2v) is 4.32. The number of aryl methyl sites for hydroxylation is 1. The highest BCUT2D eigenvalue weighted by Gasteiger charge is 2.13. The molecule has 0 unspecified atom stereocenters. The maximum Gasteiger partial charge on any atom is 0.293 e. The van der Waals surface area contributed by atoms with Gasteiger partial charge in [0.05, 0.1) is 11.8 Å². The maximum atomic E-state index is 5.22. The van der Waals surface area contributed by atoms with E-state index in [1.807, 2.05) is 25.2 Å². The minimum Gasteiger partial charge on any atom is -0.459 e. The molecular weight excluding hydrogens is 258 g/mol. The lowest BCUT2D eigenvalue weighted by Gasteiger charge is -1.94. The van der Waals surface area contributed by atoms with E-state index < -0.39 is 0 Å². The number of furan rings is 1. The molecule has 0 bridgehead atoms. The first-order valence-corrected chi connectivity index (χ1v) is 5.99. The lowest BCUT2D eigenvalue weighted by Crippen LogP contribution is -1.89. The summed E-state index contributed by atoms with van der Waals surface area (Å²) in [5.74, 6) is 1.39. The van der Waals surface area contributed by atoms with Gasteiger partial charge in [0.25, 0.3) is 5.89 Å². The van der Waals surface area contributed by atoms with E-state index in [1.165, 1.54) is 0 Å². The van der Waals surface area contributed by atoms with E-state index in [4.69, 9.17) is 8.94 Å². The molecule has 1 aromatic carbocycles. The van der Waals surface area contributed by atoms with Gasteiger partial charge in [-0.2, -0.15) is 4.98 Å². The van der Waals surface area contributed by atoms with Crippen molar-refractivity contribution in [1.82, 2.24) is 25.1 Å². The Bertz CT molecular complexity index is 875. The van der Waals surface area contributed by atoms with Gasteiger partial charge in [0.15, 0.2) is 5.76 Å². The number of hydrogen-bond donors (Lipinski definition) is 0. The molecule has 0 saturated heterocycles. The van der Waals surface area contributed by atoms with Crippen molar-refractivity contribution in [2.24, 2.45) is 7.05 Å². The van der Waals surface area contributed by atoms with Crippen LogP contribution in [0.25, 0.3) is 34.1 Å². The summed E-state index contributed by atoms with van der Waals surface area (Å²) in [6.07, 6.45) is 1.56. The lowest BCUT2D eigenvalue weighted by molar-refractivity contribution is 0.417. The molecule has 0 aliphatic rings. The van der Waals surface area contributed by atoms with Crippen molar-refractivity contribution >= 4 is 11.0 Å². The minimum atomic E-state index is 0.351. The van der Waals surface area contributed by atoms with Crippen LogP contribution in [0.2, 0.25) is 0 Å². The summed E-state index contributed by atoms with van der Waals surface area (Å²) in [5, 5.41) is 12.0. The maximum absolute atomic E-state index is 5.22. The van der Waals surface area contributed by atoms with Gasteiger partial charge in [0.1, 0.15) is 5.52 Å². The number of nitrogens with zero attached hydrogens (tertiary/aromatic N) is 5. The number of aromatic nitrogens is 5. The van der Waals surface area contributed by atoms with Crippen LogP contribution >= 0.6 is 0 Å². The molecule has 0 amide bonds. The highest BCUT2D eigenvalue weighted by molar-refractivity contribution is 5.79. The Morgan fingerprint density at radius 2 is 2.15 bits per heavy atom. The molecule has 0 atom stereocenters. The van der Waals surface area contributed by atoms with Crippen molar-refractivity contribution in [2.75, 3.05) is 0 Å². The topological polar surface area (TPSA) is 82.8 Å². The van der Waals surface area contributed by atoms with Gasteiger partial charge in [-0.05, 0) is 30.3 Å². The summed E-state index contributed by atoms with van der Waals surface area (Å²) in [7, 11) is 1.85. The smallest absolute Gasteiger partial charge is 0.293 e. The molecule has 0 saturated carbocycles. The molecular formula is C13H9N5O2. The Morgan fingerprint density at radius 3 is 3.00 bits per heavy atom. The summed E-state index contributed by atoms with van der Waals surface area (Å²) in [5.41, 5.74) is 2.55. The second-order valence-electron chi connectivity index (χ2n) is 4.32. The van der Waals surface area contributed by atoms with E-state index in [9.17, 15) is 0 Å². The molecule has 7 heteroatoms. The average molecular weight is 267 g/mol. The number of fused-ring (bicyclic) bond motifs is 1. The largest absolute Gasteiger partial charge is 0.459 e. The van der Waals surface area contributed by atoms with Crippen molar-refractivity contribution in [3.63, 3.8) is 0 Å². The van der Waals surface area contributed by atoms with Gasteiger partial charge in [-0.25, -0.2) is 4.68 Å². The summed E-state index contributed by atoms with van der Waals surface area (Å²) in [4.78, 5) is 4.31. The zero-order valence-electron chi connectivity index (χ0n) is 10.5. The molecule has 0 aliphatic heterocycles. The fourth-order valence-electron chi connectivity index (χ4n) is 2.02. The fourth-order valence-corrected chi connectivity index (χ4v) is 2.02. The van der Waals surface area contributed by atoms with Crippen LogP contribution in [0.15, 0.2) is 45.5 Å². The molecule has 0 N–H and O–H groups in total.